The summed E-state index contributed by atoms with van der Waals surface area (Å²) >= 11 is 0. The van der Waals surface area contributed by atoms with Crippen molar-refractivity contribution in [1.29, 1.82) is 0 Å². The van der Waals surface area contributed by atoms with Gasteiger partial charge in [0, 0.05) is 33.7 Å². The first-order valence-corrected chi connectivity index (χ1v) is 4.99. The van der Waals surface area contributed by atoms with E-state index in [9.17, 15) is 4.79 Å². The molecule has 0 spiro atoms. The summed E-state index contributed by atoms with van der Waals surface area (Å²) in [6.45, 7) is 4.19. The molecule has 0 unspecified atom stereocenters. The normalized spacial score (nSPS) is 10.8. The second-order valence-corrected chi connectivity index (χ2v) is 3.14. The Kier molecular flexibility index (Phi) is 10.3. The smallest absolute Gasteiger partial charge is 0.120 e. The molecule has 4 nitrogen and oxygen atoms in total. The van der Waals surface area contributed by atoms with Crippen LogP contribution in [0.3, 0.4) is 0 Å². The summed E-state index contributed by atoms with van der Waals surface area (Å²) in [6, 6.07) is 0. The van der Waals surface area contributed by atoms with Gasteiger partial charge in [-0.1, -0.05) is 0 Å². The molecule has 0 aliphatic carbocycles. The second-order valence-electron chi connectivity index (χ2n) is 3.14. The molecule has 0 bridgehead atoms. The molecule has 0 fully saturated rings. The molecular formula is C10H21NO3. The summed E-state index contributed by atoms with van der Waals surface area (Å²) in [7, 11) is 3.39. The van der Waals surface area contributed by atoms with Gasteiger partial charge >= 0.3 is 0 Å². The van der Waals surface area contributed by atoms with E-state index in [-0.39, 0.29) is 0 Å². The fourth-order valence-corrected chi connectivity index (χ4v) is 1.17. The Morgan fingerprint density at radius 2 is 1.64 bits per heavy atom. The first-order chi connectivity index (χ1) is 6.85. The van der Waals surface area contributed by atoms with Crippen LogP contribution < -0.4 is 0 Å². The average Bonchev–Trinajstić information content (AvgIpc) is 2.21. The van der Waals surface area contributed by atoms with Gasteiger partial charge in [0.2, 0.25) is 0 Å². The van der Waals surface area contributed by atoms with Gasteiger partial charge in [0.25, 0.3) is 0 Å². The Bertz CT molecular complexity index is 123. The SMILES string of the molecule is COCCN(CCCC=O)CCOC. The molecule has 0 aromatic rings. The summed E-state index contributed by atoms with van der Waals surface area (Å²) in [6.07, 6.45) is 2.51. The minimum Gasteiger partial charge on any atom is -0.383 e. The summed E-state index contributed by atoms with van der Waals surface area (Å²) < 4.78 is 10.0. The Hall–Kier alpha value is -0.450. The van der Waals surface area contributed by atoms with Crippen molar-refractivity contribution in [3.8, 4) is 0 Å². The molecule has 0 radical (unpaired) electrons. The zero-order valence-electron chi connectivity index (χ0n) is 9.20. The molecule has 0 rings (SSSR count). The number of hydrogen-bond donors (Lipinski definition) is 0. The van der Waals surface area contributed by atoms with Crippen molar-refractivity contribution in [1.82, 2.24) is 4.90 Å². The molecule has 0 saturated carbocycles. The van der Waals surface area contributed by atoms with Crippen molar-refractivity contribution >= 4 is 6.29 Å². The first-order valence-electron chi connectivity index (χ1n) is 4.99. The first kappa shape index (κ1) is 13.5. The minimum absolute atomic E-state index is 0.635. The van der Waals surface area contributed by atoms with Gasteiger partial charge in [0.1, 0.15) is 6.29 Å². The molecular weight excluding hydrogens is 182 g/mol. The van der Waals surface area contributed by atoms with E-state index in [1.165, 1.54) is 0 Å². The van der Waals surface area contributed by atoms with Gasteiger partial charge in [0.15, 0.2) is 0 Å². The molecule has 0 aliphatic heterocycles. The third-order valence-corrected chi connectivity index (χ3v) is 2.02. The Morgan fingerprint density at radius 1 is 1.07 bits per heavy atom. The third-order valence-electron chi connectivity index (χ3n) is 2.02. The van der Waals surface area contributed by atoms with Crippen LogP contribution in [0.2, 0.25) is 0 Å². The van der Waals surface area contributed by atoms with Crippen molar-refractivity contribution in [2.45, 2.75) is 12.8 Å². The van der Waals surface area contributed by atoms with Gasteiger partial charge in [0.05, 0.1) is 13.2 Å². The van der Waals surface area contributed by atoms with E-state index < -0.39 is 0 Å². The van der Waals surface area contributed by atoms with Crippen LogP contribution in [0.1, 0.15) is 12.8 Å². The highest BCUT2D eigenvalue weighted by Gasteiger charge is 2.03. The molecule has 0 aliphatic rings. The Labute approximate surface area is 86.2 Å². The topological polar surface area (TPSA) is 38.8 Å². The molecule has 0 N–H and O–H groups in total. The molecule has 0 saturated heterocycles. The van der Waals surface area contributed by atoms with Crippen molar-refractivity contribution < 1.29 is 14.3 Å². The Balaban J connectivity index is 3.54. The maximum Gasteiger partial charge on any atom is 0.120 e. The van der Waals surface area contributed by atoms with Gasteiger partial charge in [-0.2, -0.15) is 0 Å². The number of methoxy groups -OCH3 is 2. The van der Waals surface area contributed by atoms with Crippen molar-refractivity contribution in [3.05, 3.63) is 0 Å². The summed E-state index contributed by atoms with van der Waals surface area (Å²) in [4.78, 5) is 12.4. The minimum atomic E-state index is 0.635. The van der Waals surface area contributed by atoms with Gasteiger partial charge in [-0.3, -0.25) is 4.90 Å². The third kappa shape index (κ3) is 8.16. The molecule has 0 aromatic carbocycles. The van der Waals surface area contributed by atoms with Gasteiger partial charge < -0.3 is 14.3 Å². The van der Waals surface area contributed by atoms with Gasteiger partial charge in [-0.15, -0.1) is 0 Å². The second kappa shape index (κ2) is 10.6. The molecule has 4 heteroatoms. The lowest BCUT2D eigenvalue weighted by Crippen LogP contribution is -2.31. The number of nitrogens with zero attached hydrogens (tertiary/aromatic N) is 1. The van der Waals surface area contributed by atoms with Gasteiger partial charge in [-0.05, 0) is 13.0 Å². The van der Waals surface area contributed by atoms with E-state index >= 15 is 0 Å². The van der Waals surface area contributed by atoms with Crippen LogP contribution in [0.15, 0.2) is 0 Å². The maximum atomic E-state index is 10.1. The monoisotopic (exact) mass is 203 g/mol. The lowest BCUT2D eigenvalue weighted by Gasteiger charge is -2.20. The van der Waals surface area contributed by atoms with E-state index in [1.807, 2.05) is 0 Å². The van der Waals surface area contributed by atoms with Crippen molar-refractivity contribution in [2.24, 2.45) is 0 Å². The van der Waals surface area contributed by atoms with E-state index in [4.69, 9.17) is 9.47 Å². The highest BCUT2D eigenvalue weighted by Crippen LogP contribution is 1.94. The van der Waals surface area contributed by atoms with Crippen LogP contribution in [0, 0.1) is 0 Å². The van der Waals surface area contributed by atoms with Gasteiger partial charge in [-0.25, -0.2) is 0 Å². The lowest BCUT2D eigenvalue weighted by molar-refractivity contribution is -0.108. The number of unbranched alkanes of at least 4 members (excludes halogenated alkanes) is 1. The molecule has 0 amide bonds. The maximum absolute atomic E-state index is 10.1. The van der Waals surface area contributed by atoms with Crippen LogP contribution in [0.5, 0.6) is 0 Å². The average molecular weight is 203 g/mol. The van der Waals surface area contributed by atoms with E-state index in [1.54, 1.807) is 14.2 Å². The quantitative estimate of drug-likeness (QED) is 0.384. The lowest BCUT2D eigenvalue weighted by atomic mass is 10.3. The largest absolute Gasteiger partial charge is 0.383 e. The van der Waals surface area contributed by atoms with Crippen LogP contribution in [0.25, 0.3) is 0 Å². The molecule has 84 valence electrons. The van der Waals surface area contributed by atoms with Crippen molar-refractivity contribution in [3.63, 3.8) is 0 Å². The number of ether oxygens (including phenoxy) is 2. The molecule has 0 atom stereocenters. The van der Waals surface area contributed by atoms with Crippen LogP contribution in [-0.2, 0) is 14.3 Å². The van der Waals surface area contributed by atoms with E-state index in [0.717, 1.165) is 45.6 Å². The summed E-state index contributed by atoms with van der Waals surface area (Å²) in [5.41, 5.74) is 0. The van der Waals surface area contributed by atoms with Crippen LogP contribution in [-0.4, -0.2) is 58.3 Å². The van der Waals surface area contributed by atoms with E-state index in [2.05, 4.69) is 4.90 Å². The number of rotatable bonds is 10. The molecule has 0 heterocycles. The van der Waals surface area contributed by atoms with E-state index in [0.29, 0.717) is 6.42 Å². The predicted molar refractivity (Wildman–Crippen MR) is 55.5 cm³/mol. The van der Waals surface area contributed by atoms with Crippen LogP contribution in [0.4, 0.5) is 0 Å². The zero-order chi connectivity index (χ0) is 10.6. The number of carbonyl (C=O) groups excluding carboxylic acids is 1. The zero-order valence-corrected chi connectivity index (χ0v) is 9.20. The van der Waals surface area contributed by atoms with Crippen LogP contribution >= 0.6 is 0 Å². The standard InChI is InChI=1S/C10H21NO3/c1-13-9-6-11(7-10-14-2)5-3-4-8-12/h8H,3-7,9-10H2,1-2H3. The number of aldehydes is 1. The highest BCUT2D eigenvalue weighted by molar-refractivity contribution is 5.48. The molecule has 0 aromatic heterocycles. The van der Waals surface area contributed by atoms with Crippen molar-refractivity contribution in [2.75, 3.05) is 47.1 Å². The number of hydrogen-bond acceptors (Lipinski definition) is 4. The fraction of sp³-hybridized carbons (Fsp3) is 0.900. The number of carbonyl (C=O) groups is 1. The summed E-state index contributed by atoms with van der Waals surface area (Å²) in [5, 5.41) is 0. The summed E-state index contributed by atoms with van der Waals surface area (Å²) in [5.74, 6) is 0. The molecule has 14 heavy (non-hydrogen) atoms. The fourth-order valence-electron chi connectivity index (χ4n) is 1.17. The highest BCUT2D eigenvalue weighted by atomic mass is 16.5. The predicted octanol–water partition coefficient (Wildman–Crippen LogP) is 0.560. The Morgan fingerprint density at radius 3 is 2.07 bits per heavy atom.